The number of hydrogen-bond acceptors (Lipinski definition) is 3. The van der Waals surface area contributed by atoms with Crippen molar-refractivity contribution < 1.29 is 0 Å². The van der Waals surface area contributed by atoms with Gasteiger partial charge < -0.3 is 5.73 Å². The molecule has 2 fully saturated rings. The van der Waals surface area contributed by atoms with E-state index in [2.05, 4.69) is 16.8 Å². The van der Waals surface area contributed by atoms with Gasteiger partial charge in [0.15, 0.2) is 0 Å². The van der Waals surface area contributed by atoms with Crippen LogP contribution in [0.3, 0.4) is 0 Å². The van der Waals surface area contributed by atoms with Gasteiger partial charge in [-0.3, -0.25) is 9.80 Å². The average Bonchev–Trinajstić information content (AvgIpc) is 2.56. The highest BCUT2D eigenvalue weighted by Crippen LogP contribution is 2.29. The molecule has 0 saturated carbocycles. The number of rotatable bonds is 2. The maximum Gasteiger partial charge on any atom is 0.0429 e. The van der Waals surface area contributed by atoms with E-state index in [0.717, 1.165) is 29.3 Å². The summed E-state index contributed by atoms with van der Waals surface area (Å²) >= 11 is 6.08. The first kappa shape index (κ1) is 13.2. The topological polar surface area (TPSA) is 32.5 Å². The monoisotopic (exact) mass is 279 g/mol. The molecule has 2 heterocycles. The van der Waals surface area contributed by atoms with Crippen LogP contribution in [0.25, 0.3) is 0 Å². The van der Waals surface area contributed by atoms with Crippen LogP contribution >= 0.6 is 11.6 Å². The molecule has 1 aromatic rings. The van der Waals surface area contributed by atoms with E-state index in [0.29, 0.717) is 0 Å². The molecule has 0 aromatic heterocycles. The van der Waals surface area contributed by atoms with E-state index >= 15 is 0 Å². The average molecular weight is 280 g/mol. The lowest BCUT2D eigenvalue weighted by Gasteiger charge is -2.25. The molecule has 2 aliphatic heterocycles. The Morgan fingerprint density at radius 2 is 2.00 bits per heavy atom. The quantitative estimate of drug-likeness (QED) is 0.845. The Morgan fingerprint density at radius 3 is 2.79 bits per heavy atom. The Hall–Kier alpha value is -0.770. The molecule has 0 spiro atoms. The number of halogens is 1. The molecule has 19 heavy (non-hydrogen) atoms. The Balaban J connectivity index is 1.70. The van der Waals surface area contributed by atoms with Crippen molar-refractivity contribution in [2.45, 2.75) is 37.9 Å². The van der Waals surface area contributed by atoms with Gasteiger partial charge in [0.1, 0.15) is 0 Å². The van der Waals surface area contributed by atoms with Crippen molar-refractivity contribution in [3.63, 3.8) is 0 Å². The van der Waals surface area contributed by atoms with E-state index in [1.807, 2.05) is 18.2 Å². The summed E-state index contributed by atoms with van der Waals surface area (Å²) in [5.74, 6) is 0. The van der Waals surface area contributed by atoms with Gasteiger partial charge in [-0.05, 0) is 50.1 Å². The van der Waals surface area contributed by atoms with Crippen LogP contribution in [0.1, 0.15) is 24.8 Å². The van der Waals surface area contributed by atoms with Crippen LogP contribution in [0.15, 0.2) is 18.2 Å². The summed E-state index contributed by atoms with van der Waals surface area (Å²) in [5, 5.41) is 0.739. The minimum absolute atomic E-state index is 0.726. The van der Waals surface area contributed by atoms with Crippen molar-refractivity contribution in [2.24, 2.45) is 0 Å². The fourth-order valence-electron chi connectivity index (χ4n) is 3.55. The molecule has 3 rings (SSSR count). The van der Waals surface area contributed by atoms with Gasteiger partial charge in [0.05, 0.1) is 0 Å². The highest BCUT2D eigenvalue weighted by Gasteiger charge is 2.34. The number of fused-ring (bicyclic) bond motifs is 2. The number of nitrogens with two attached hydrogens (primary N) is 1. The van der Waals surface area contributed by atoms with Gasteiger partial charge in [-0.1, -0.05) is 11.6 Å². The molecule has 1 aromatic carbocycles. The summed E-state index contributed by atoms with van der Waals surface area (Å²) in [7, 11) is 2.28. The zero-order valence-corrected chi connectivity index (χ0v) is 12.2. The van der Waals surface area contributed by atoms with E-state index in [1.54, 1.807) is 0 Å². The molecule has 104 valence electrons. The van der Waals surface area contributed by atoms with Crippen LogP contribution in [0.5, 0.6) is 0 Å². The van der Waals surface area contributed by atoms with E-state index in [-0.39, 0.29) is 0 Å². The maximum atomic E-state index is 6.08. The highest BCUT2D eigenvalue weighted by molar-refractivity contribution is 6.30. The lowest BCUT2D eigenvalue weighted by atomic mass is 10.1. The standard InChI is InChI=1S/C15H22ClN3/c1-18-14-2-3-15(18)10-19(5-4-14)9-11-6-12(16)8-13(17)7-11/h6-8,14-15H,2-5,9-10,17H2,1H3. The van der Waals surface area contributed by atoms with Gasteiger partial charge in [0, 0.05) is 42.4 Å². The second-order valence-corrected chi connectivity index (χ2v) is 6.40. The molecule has 3 nitrogen and oxygen atoms in total. The summed E-state index contributed by atoms with van der Waals surface area (Å²) < 4.78 is 0. The summed E-state index contributed by atoms with van der Waals surface area (Å²) in [6.07, 6.45) is 4.00. The second kappa shape index (κ2) is 5.31. The first-order valence-electron chi connectivity index (χ1n) is 7.11. The SMILES string of the molecule is CN1C2CCC1CN(Cc1cc(N)cc(Cl)c1)CC2. The van der Waals surface area contributed by atoms with E-state index in [9.17, 15) is 0 Å². The second-order valence-electron chi connectivity index (χ2n) is 5.97. The molecule has 0 aliphatic carbocycles. The van der Waals surface area contributed by atoms with E-state index < -0.39 is 0 Å². The Bertz CT molecular complexity index is 442. The Morgan fingerprint density at radius 1 is 1.21 bits per heavy atom. The van der Waals surface area contributed by atoms with Gasteiger partial charge in [-0.15, -0.1) is 0 Å². The van der Waals surface area contributed by atoms with Crippen molar-refractivity contribution >= 4 is 17.3 Å². The maximum absolute atomic E-state index is 6.08. The van der Waals surface area contributed by atoms with Crippen molar-refractivity contribution in [3.05, 3.63) is 28.8 Å². The first-order valence-corrected chi connectivity index (χ1v) is 7.49. The third-order valence-electron chi connectivity index (χ3n) is 4.62. The fraction of sp³-hybridized carbons (Fsp3) is 0.600. The van der Waals surface area contributed by atoms with Gasteiger partial charge >= 0.3 is 0 Å². The van der Waals surface area contributed by atoms with Crippen molar-refractivity contribution in [2.75, 3.05) is 25.9 Å². The normalized spacial score (nSPS) is 28.5. The molecule has 2 atom stereocenters. The van der Waals surface area contributed by atoms with Crippen molar-refractivity contribution in [1.82, 2.24) is 9.80 Å². The zero-order valence-electron chi connectivity index (χ0n) is 11.5. The van der Waals surface area contributed by atoms with Crippen molar-refractivity contribution in [3.8, 4) is 0 Å². The summed E-state index contributed by atoms with van der Waals surface area (Å²) in [6.45, 7) is 3.30. The summed E-state index contributed by atoms with van der Waals surface area (Å²) in [5.41, 5.74) is 7.85. The Labute approximate surface area is 120 Å². The molecule has 2 saturated heterocycles. The van der Waals surface area contributed by atoms with Crippen LogP contribution in [-0.2, 0) is 6.54 Å². The van der Waals surface area contributed by atoms with Crippen LogP contribution in [0.2, 0.25) is 5.02 Å². The Kier molecular flexibility index (Phi) is 3.70. The molecule has 2 aliphatic rings. The molecule has 0 amide bonds. The van der Waals surface area contributed by atoms with E-state index in [1.165, 1.54) is 37.9 Å². The summed E-state index contributed by atoms with van der Waals surface area (Å²) in [6, 6.07) is 7.40. The third-order valence-corrected chi connectivity index (χ3v) is 4.84. The lowest BCUT2D eigenvalue weighted by Crippen LogP contribution is -2.36. The highest BCUT2D eigenvalue weighted by atomic mass is 35.5. The van der Waals surface area contributed by atoms with Crippen LogP contribution < -0.4 is 5.73 Å². The van der Waals surface area contributed by atoms with Gasteiger partial charge in [0.25, 0.3) is 0 Å². The number of likely N-dealkylation sites (tertiary alicyclic amines) is 1. The predicted octanol–water partition coefficient (Wildman–Crippen LogP) is 2.59. The molecule has 2 N–H and O–H groups in total. The molecule has 4 heteroatoms. The minimum atomic E-state index is 0.726. The number of benzene rings is 1. The van der Waals surface area contributed by atoms with Gasteiger partial charge in [0.2, 0.25) is 0 Å². The number of nitrogens with zero attached hydrogens (tertiary/aromatic N) is 2. The van der Waals surface area contributed by atoms with Gasteiger partial charge in [-0.25, -0.2) is 0 Å². The largest absolute Gasteiger partial charge is 0.399 e. The van der Waals surface area contributed by atoms with Crippen molar-refractivity contribution in [1.29, 1.82) is 0 Å². The minimum Gasteiger partial charge on any atom is -0.399 e. The molecular weight excluding hydrogens is 258 g/mol. The zero-order chi connectivity index (χ0) is 13.4. The van der Waals surface area contributed by atoms with Crippen LogP contribution in [0.4, 0.5) is 5.69 Å². The molecule has 2 unspecified atom stereocenters. The molecule has 2 bridgehead atoms. The number of likely N-dealkylation sites (N-methyl/N-ethyl adjacent to an activating group) is 1. The van der Waals surface area contributed by atoms with Crippen LogP contribution in [-0.4, -0.2) is 42.0 Å². The fourth-order valence-corrected chi connectivity index (χ4v) is 3.81. The number of anilines is 1. The lowest BCUT2D eigenvalue weighted by molar-refractivity contribution is 0.214. The molecule has 0 radical (unpaired) electrons. The third kappa shape index (κ3) is 2.88. The van der Waals surface area contributed by atoms with Crippen LogP contribution in [0, 0.1) is 0 Å². The van der Waals surface area contributed by atoms with Gasteiger partial charge in [-0.2, -0.15) is 0 Å². The summed E-state index contributed by atoms with van der Waals surface area (Å²) in [4.78, 5) is 5.12. The van der Waals surface area contributed by atoms with E-state index in [4.69, 9.17) is 17.3 Å². The first-order chi connectivity index (χ1) is 9.11. The number of hydrogen-bond donors (Lipinski definition) is 1. The predicted molar refractivity (Wildman–Crippen MR) is 80.3 cm³/mol. The number of nitrogen functional groups attached to an aromatic ring is 1. The smallest absolute Gasteiger partial charge is 0.0429 e. The molecular formula is C15H22ClN3.